The fourth-order valence-electron chi connectivity index (χ4n) is 3.34. The molecule has 1 saturated carbocycles. The summed E-state index contributed by atoms with van der Waals surface area (Å²) in [6, 6.07) is 0.131. The van der Waals surface area contributed by atoms with Crippen LogP contribution in [0.2, 0.25) is 0 Å². The topological polar surface area (TPSA) is 75.8 Å². The molecule has 0 bridgehead atoms. The third-order valence-corrected chi connectivity index (χ3v) is 5.20. The van der Waals surface area contributed by atoms with E-state index in [2.05, 4.69) is 13.8 Å². The van der Waals surface area contributed by atoms with Crippen molar-refractivity contribution in [2.45, 2.75) is 71.6 Å². The number of rotatable bonds is 8. The van der Waals surface area contributed by atoms with Gasteiger partial charge in [0.05, 0.1) is 12.7 Å². The maximum absolute atomic E-state index is 13.0. The van der Waals surface area contributed by atoms with Gasteiger partial charge in [0, 0.05) is 31.0 Å². The highest BCUT2D eigenvalue weighted by atomic mass is 16.5. The molecule has 0 aliphatic heterocycles. The van der Waals surface area contributed by atoms with Crippen molar-refractivity contribution in [3.63, 3.8) is 0 Å². The molecular weight excluding hydrogens is 268 g/mol. The molecule has 5 heteroatoms. The molecule has 0 aromatic rings. The predicted octanol–water partition coefficient (Wildman–Crippen LogP) is 1.53. The van der Waals surface area contributed by atoms with Crippen LogP contribution in [0, 0.1) is 5.41 Å². The normalized spacial score (nSPS) is 27.5. The summed E-state index contributed by atoms with van der Waals surface area (Å²) in [5.41, 5.74) is 5.18. The minimum Gasteiger partial charge on any atom is -0.395 e. The summed E-state index contributed by atoms with van der Waals surface area (Å²) in [6.07, 6.45) is 2.31. The van der Waals surface area contributed by atoms with Crippen molar-refractivity contribution >= 4 is 5.91 Å². The molecule has 0 saturated heterocycles. The Hall–Kier alpha value is -0.650. The molecule has 2 atom stereocenters. The average Bonchev–Trinajstić information content (AvgIpc) is 2.46. The molecule has 0 aromatic heterocycles. The number of carbonyl (C=O) groups is 1. The molecule has 1 aliphatic rings. The van der Waals surface area contributed by atoms with E-state index in [-0.39, 0.29) is 30.1 Å². The lowest BCUT2D eigenvalue weighted by molar-refractivity contribution is -0.181. The van der Waals surface area contributed by atoms with E-state index in [1.807, 2.05) is 20.8 Å². The second-order valence-electron chi connectivity index (χ2n) is 6.53. The molecule has 5 nitrogen and oxygen atoms in total. The second kappa shape index (κ2) is 7.07. The third-order valence-electron chi connectivity index (χ3n) is 5.20. The van der Waals surface area contributed by atoms with E-state index in [1.165, 1.54) is 0 Å². The first-order valence-corrected chi connectivity index (χ1v) is 8.12. The number of hydrogen-bond acceptors (Lipinski definition) is 4. The van der Waals surface area contributed by atoms with Crippen molar-refractivity contribution < 1.29 is 14.6 Å². The van der Waals surface area contributed by atoms with Crippen LogP contribution in [0.3, 0.4) is 0 Å². The van der Waals surface area contributed by atoms with Crippen LogP contribution in [-0.2, 0) is 9.53 Å². The van der Waals surface area contributed by atoms with Crippen molar-refractivity contribution in [3.8, 4) is 0 Å². The number of ether oxygens (including phenoxy) is 1. The Morgan fingerprint density at radius 2 is 1.95 bits per heavy atom. The number of hydrogen-bond donors (Lipinski definition) is 2. The quantitative estimate of drug-likeness (QED) is 0.713. The van der Waals surface area contributed by atoms with E-state index in [9.17, 15) is 9.90 Å². The largest absolute Gasteiger partial charge is 0.395 e. The lowest BCUT2D eigenvalue weighted by Crippen LogP contribution is -2.76. The van der Waals surface area contributed by atoms with E-state index in [0.29, 0.717) is 19.6 Å². The number of nitrogens with zero attached hydrogens (tertiary/aromatic N) is 1. The SMILES string of the molecule is CCOC1CC(N)(C(=O)N(CCO)C(CC)CC)C1(C)C. The molecule has 21 heavy (non-hydrogen) atoms. The highest BCUT2D eigenvalue weighted by molar-refractivity contribution is 5.89. The van der Waals surface area contributed by atoms with Crippen LogP contribution in [0.1, 0.15) is 53.9 Å². The molecule has 1 rings (SSSR count). The first-order chi connectivity index (χ1) is 9.79. The van der Waals surface area contributed by atoms with Gasteiger partial charge in [-0.3, -0.25) is 4.79 Å². The van der Waals surface area contributed by atoms with Gasteiger partial charge in [-0.2, -0.15) is 0 Å². The first-order valence-electron chi connectivity index (χ1n) is 8.12. The molecule has 3 N–H and O–H groups in total. The summed E-state index contributed by atoms with van der Waals surface area (Å²) < 4.78 is 5.69. The van der Waals surface area contributed by atoms with Gasteiger partial charge < -0.3 is 20.5 Å². The van der Waals surface area contributed by atoms with E-state index in [1.54, 1.807) is 4.90 Å². The maximum atomic E-state index is 13.0. The lowest BCUT2D eigenvalue weighted by Gasteiger charge is -2.59. The smallest absolute Gasteiger partial charge is 0.243 e. The molecule has 1 fully saturated rings. The summed E-state index contributed by atoms with van der Waals surface area (Å²) >= 11 is 0. The Kier molecular flexibility index (Phi) is 6.20. The number of nitrogens with two attached hydrogens (primary N) is 1. The van der Waals surface area contributed by atoms with E-state index < -0.39 is 5.54 Å². The lowest BCUT2D eigenvalue weighted by atomic mass is 9.54. The van der Waals surface area contributed by atoms with Crippen LogP contribution in [0.25, 0.3) is 0 Å². The molecule has 0 aromatic carbocycles. The minimum absolute atomic E-state index is 0.0223. The van der Waals surface area contributed by atoms with Gasteiger partial charge in [0.2, 0.25) is 5.91 Å². The summed E-state index contributed by atoms with van der Waals surface area (Å²) in [7, 11) is 0. The van der Waals surface area contributed by atoms with Gasteiger partial charge in [-0.15, -0.1) is 0 Å². The van der Waals surface area contributed by atoms with Crippen LogP contribution in [0.5, 0.6) is 0 Å². The summed E-state index contributed by atoms with van der Waals surface area (Å²) in [6.45, 7) is 11.0. The second-order valence-corrected chi connectivity index (χ2v) is 6.53. The zero-order chi connectivity index (χ0) is 16.3. The van der Waals surface area contributed by atoms with Gasteiger partial charge in [0.15, 0.2) is 0 Å². The number of amides is 1. The average molecular weight is 300 g/mol. The highest BCUT2D eigenvalue weighted by Gasteiger charge is 2.63. The highest BCUT2D eigenvalue weighted by Crippen LogP contribution is 2.50. The molecular formula is C16H32N2O3. The number of aliphatic hydroxyl groups excluding tert-OH is 1. The van der Waals surface area contributed by atoms with Crippen molar-refractivity contribution in [2.24, 2.45) is 11.1 Å². The summed E-state index contributed by atoms with van der Waals surface area (Å²) in [5, 5.41) is 9.29. The monoisotopic (exact) mass is 300 g/mol. The number of aliphatic hydroxyl groups is 1. The molecule has 1 amide bonds. The van der Waals surface area contributed by atoms with Crippen LogP contribution in [0.15, 0.2) is 0 Å². The summed E-state index contributed by atoms with van der Waals surface area (Å²) in [4.78, 5) is 14.8. The first kappa shape index (κ1) is 18.4. The van der Waals surface area contributed by atoms with Crippen molar-refractivity contribution in [2.75, 3.05) is 19.8 Å². The molecule has 2 unspecified atom stereocenters. The van der Waals surface area contributed by atoms with Crippen LogP contribution in [-0.4, -0.2) is 53.4 Å². The molecule has 0 spiro atoms. The van der Waals surface area contributed by atoms with Gasteiger partial charge in [-0.1, -0.05) is 27.7 Å². The predicted molar refractivity (Wildman–Crippen MR) is 83.9 cm³/mol. The Balaban J connectivity index is 2.94. The zero-order valence-electron chi connectivity index (χ0n) is 14.2. The minimum atomic E-state index is -0.898. The van der Waals surface area contributed by atoms with E-state index in [4.69, 9.17) is 10.5 Å². The number of carbonyl (C=O) groups excluding carboxylic acids is 1. The van der Waals surface area contributed by atoms with Gasteiger partial charge in [0.1, 0.15) is 5.54 Å². The van der Waals surface area contributed by atoms with Gasteiger partial charge in [0.25, 0.3) is 0 Å². The van der Waals surface area contributed by atoms with Crippen molar-refractivity contribution in [1.29, 1.82) is 0 Å². The van der Waals surface area contributed by atoms with E-state index in [0.717, 1.165) is 12.8 Å². The van der Waals surface area contributed by atoms with Crippen LogP contribution in [0.4, 0.5) is 0 Å². The van der Waals surface area contributed by atoms with Crippen LogP contribution < -0.4 is 5.73 Å². The Morgan fingerprint density at radius 1 is 1.38 bits per heavy atom. The van der Waals surface area contributed by atoms with Crippen molar-refractivity contribution in [1.82, 2.24) is 4.90 Å². The Labute approximate surface area is 128 Å². The Morgan fingerprint density at radius 3 is 2.33 bits per heavy atom. The third kappa shape index (κ3) is 3.10. The van der Waals surface area contributed by atoms with Gasteiger partial charge in [-0.05, 0) is 19.8 Å². The van der Waals surface area contributed by atoms with Gasteiger partial charge >= 0.3 is 0 Å². The standard InChI is InChI=1S/C16H32N2O3/c1-6-12(7-2)18(9-10-19)14(20)16(17)11-13(21-8-3)15(16,4)5/h12-13,19H,6-11,17H2,1-5H3. The summed E-state index contributed by atoms with van der Waals surface area (Å²) in [5.74, 6) is -0.0498. The van der Waals surface area contributed by atoms with Crippen molar-refractivity contribution in [3.05, 3.63) is 0 Å². The molecule has 0 radical (unpaired) electrons. The van der Waals surface area contributed by atoms with Gasteiger partial charge in [-0.25, -0.2) is 0 Å². The zero-order valence-corrected chi connectivity index (χ0v) is 14.2. The molecule has 124 valence electrons. The van der Waals surface area contributed by atoms with E-state index >= 15 is 0 Å². The molecule has 1 aliphatic carbocycles. The van der Waals surface area contributed by atoms with Crippen LogP contribution >= 0.6 is 0 Å². The maximum Gasteiger partial charge on any atom is 0.243 e. The molecule has 0 heterocycles. The fraction of sp³-hybridized carbons (Fsp3) is 0.938. The Bertz CT molecular complexity index is 355. The fourth-order valence-corrected chi connectivity index (χ4v) is 3.34.